The predicted octanol–water partition coefficient (Wildman–Crippen LogP) is 6.97. The highest BCUT2D eigenvalue weighted by atomic mass is 16.6. The Morgan fingerprint density at radius 2 is 1.37 bits per heavy atom. The fraction of sp³-hybridized carbons (Fsp3) is 0.846. The van der Waals surface area contributed by atoms with Crippen molar-refractivity contribution in [2.45, 2.75) is 109 Å². The SMILES string of the molecule is CCC(C)(C(C)(C=C(C)C)C(=O)OCC(=O)OC(C)(C)C(C)C)C(C)(C)C(C)(C)C. The number of rotatable bonds is 9. The smallest absolute Gasteiger partial charge is 0.344 e. The van der Waals surface area contributed by atoms with Gasteiger partial charge >= 0.3 is 11.9 Å². The Morgan fingerprint density at radius 1 is 0.900 bits per heavy atom. The highest BCUT2D eigenvalue weighted by Crippen LogP contribution is 2.62. The van der Waals surface area contributed by atoms with Crippen LogP contribution in [0.5, 0.6) is 0 Å². The van der Waals surface area contributed by atoms with Gasteiger partial charge < -0.3 is 9.47 Å². The van der Waals surface area contributed by atoms with Crippen molar-refractivity contribution in [3.63, 3.8) is 0 Å². The molecule has 0 aliphatic heterocycles. The Balaban J connectivity index is 6.02. The second-order valence-corrected chi connectivity index (χ2v) is 11.8. The molecular weight excluding hydrogens is 376 g/mol. The standard InChI is InChI=1S/C26H48O4/c1-15-26(14,24(11,12)22(6,7)8)25(13,16-18(2)3)21(28)29-17-20(27)30-23(9,10)19(4)5/h16,19H,15,17H2,1-14H3. The van der Waals surface area contributed by atoms with Crippen molar-refractivity contribution in [3.05, 3.63) is 11.6 Å². The molecule has 0 aliphatic carbocycles. The third kappa shape index (κ3) is 5.68. The molecule has 176 valence electrons. The zero-order valence-corrected chi connectivity index (χ0v) is 22.2. The first-order valence-corrected chi connectivity index (χ1v) is 11.2. The van der Waals surface area contributed by atoms with Gasteiger partial charge in [0.2, 0.25) is 0 Å². The van der Waals surface area contributed by atoms with Gasteiger partial charge in [-0.25, -0.2) is 4.79 Å². The number of hydrogen-bond donors (Lipinski definition) is 0. The zero-order chi connectivity index (χ0) is 24.3. The van der Waals surface area contributed by atoms with E-state index in [0.29, 0.717) is 0 Å². The fourth-order valence-electron chi connectivity index (χ4n) is 4.02. The maximum Gasteiger partial charge on any atom is 0.344 e. The quantitative estimate of drug-likeness (QED) is 0.296. The Kier molecular flexibility index (Phi) is 9.03. The number of carbonyl (C=O) groups is 2. The summed E-state index contributed by atoms with van der Waals surface area (Å²) in [7, 11) is 0. The Morgan fingerprint density at radius 3 is 1.70 bits per heavy atom. The Labute approximate surface area is 186 Å². The van der Waals surface area contributed by atoms with Crippen LogP contribution in [0.3, 0.4) is 0 Å². The summed E-state index contributed by atoms with van der Waals surface area (Å²) in [4.78, 5) is 25.9. The molecule has 0 aromatic carbocycles. The molecule has 0 spiro atoms. The van der Waals surface area contributed by atoms with Crippen LogP contribution in [0.4, 0.5) is 0 Å². The summed E-state index contributed by atoms with van der Waals surface area (Å²) in [6.45, 7) is 28.6. The predicted molar refractivity (Wildman–Crippen MR) is 125 cm³/mol. The minimum atomic E-state index is -0.898. The lowest BCUT2D eigenvalue weighted by molar-refractivity contribution is -0.182. The van der Waals surface area contributed by atoms with Crippen LogP contribution in [0.1, 0.15) is 103 Å². The molecule has 0 radical (unpaired) electrons. The van der Waals surface area contributed by atoms with E-state index in [9.17, 15) is 9.59 Å². The number of allylic oxidation sites excluding steroid dienone is 1. The van der Waals surface area contributed by atoms with Crippen molar-refractivity contribution < 1.29 is 19.1 Å². The summed E-state index contributed by atoms with van der Waals surface area (Å²) in [5, 5.41) is 0. The molecule has 30 heavy (non-hydrogen) atoms. The second kappa shape index (κ2) is 9.44. The van der Waals surface area contributed by atoms with Crippen molar-refractivity contribution >= 4 is 11.9 Å². The van der Waals surface area contributed by atoms with Gasteiger partial charge in [-0.1, -0.05) is 74.0 Å². The molecule has 0 aliphatic rings. The Bertz CT molecular complexity index is 644. The average molecular weight is 425 g/mol. The molecule has 0 aromatic heterocycles. The summed E-state index contributed by atoms with van der Waals surface area (Å²) in [6.07, 6.45) is 2.80. The fourth-order valence-corrected chi connectivity index (χ4v) is 4.02. The lowest BCUT2D eigenvalue weighted by atomic mass is 9.45. The molecule has 4 heteroatoms. The number of esters is 2. The minimum absolute atomic E-state index is 0.0466. The van der Waals surface area contributed by atoms with Crippen LogP contribution in [0, 0.1) is 27.6 Å². The molecule has 0 fully saturated rings. The van der Waals surface area contributed by atoms with Crippen molar-refractivity contribution in [3.8, 4) is 0 Å². The summed E-state index contributed by atoms with van der Waals surface area (Å²) in [6, 6.07) is 0. The highest BCUT2D eigenvalue weighted by molar-refractivity contribution is 5.83. The molecule has 0 bridgehead atoms. The summed E-state index contributed by atoms with van der Waals surface area (Å²) < 4.78 is 11.1. The number of ether oxygens (including phenoxy) is 2. The molecule has 0 N–H and O–H groups in total. The van der Waals surface area contributed by atoms with Crippen molar-refractivity contribution in [1.82, 2.24) is 0 Å². The molecule has 2 unspecified atom stereocenters. The van der Waals surface area contributed by atoms with E-state index in [0.717, 1.165) is 12.0 Å². The third-order valence-corrected chi connectivity index (χ3v) is 8.20. The van der Waals surface area contributed by atoms with Crippen LogP contribution in [0.25, 0.3) is 0 Å². The largest absolute Gasteiger partial charge is 0.457 e. The van der Waals surface area contributed by atoms with Crippen molar-refractivity contribution in [2.75, 3.05) is 6.61 Å². The summed E-state index contributed by atoms with van der Waals surface area (Å²) in [5.74, 6) is -0.747. The Hall–Kier alpha value is -1.32. The lowest BCUT2D eigenvalue weighted by Gasteiger charge is -2.58. The van der Waals surface area contributed by atoms with Gasteiger partial charge in [-0.15, -0.1) is 0 Å². The molecule has 0 aromatic rings. The average Bonchev–Trinajstić information content (AvgIpc) is 2.56. The van der Waals surface area contributed by atoms with Crippen molar-refractivity contribution in [2.24, 2.45) is 27.6 Å². The first-order chi connectivity index (χ1) is 13.2. The molecule has 0 saturated heterocycles. The van der Waals surface area contributed by atoms with E-state index >= 15 is 0 Å². The van der Waals surface area contributed by atoms with Gasteiger partial charge in [0.25, 0.3) is 0 Å². The number of hydrogen-bond acceptors (Lipinski definition) is 4. The maximum atomic E-state index is 13.5. The normalized spacial score (nSPS) is 17.0. The van der Waals surface area contributed by atoms with Crippen LogP contribution in [-0.2, 0) is 19.1 Å². The van der Waals surface area contributed by atoms with Gasteiger partial charge in [0.15, 0.2) is 6.61 Å². The second-order valence-electron chi connectivity index (χ2n) is 11.8. The zero-order valence-electron chi connectivity index (χ0n) is 22.2. The van der Waals surface area contributed by atoms with Crippen LogP contribution >= 0.6 is 0 Å². The third-order valence-electron chi connectivity index (χ3n) is 8.20. The molecule has 0 saturated carbocycles. The maximum absolute atomic E-state index is 13.5. The van der Waals surface area contributed by atoms with Crippen LogP contribution in [0.2, 0.25) is 0 Å². The molecule has 0 amide bonds. The van der Waals surface area contributed by atoms with Gasteiger partial charge in [-0.3, -0.25) is 4.79 Å². The lowest BCUT2D eigenvalue weighted by Crippen LogP contribution is -2.56. The summed E-state index contributed by atoms with van der Waals surface area (Å²) in [5.41, 5.74) is -1.12. The first kappa shape index (κ1) is 28.7. The topological polar surface area (TPSA) is 52.6 Å². The van der Waals surface area contributed by atoms with Crippen LogP contribution < -0.4 is 0 Å². The molecular formula is C26H48O4. The van der Waals surface area contributed by atoms with Gasteiger partial charge in [-0.05, 0) is 63.2 Å². The van der Waals surface area contributed by atoms with Gasteiger partial charge in [0.1, 0.15) is 5.60 Å². The van der Waals surface area contributed by atoms with E-state index in [1.807, 2.05) is 54.5 Å². The first-order valence-electron chi connectivity index (χ1n) is 11.2. The molecule has 0 rings (SSSR count). The van der Waals surface area contributed by atoms with Gasteiger partial charge in [0, 0.05) is 0 Å². The van der Waals surface area contributed by atoms with Crippen LogP contribution in [-0.4, -0.2) is 24.1 Å². The van der Waals surface area contributed by atoms with E-state index in [1.54, 1.807) is 0 Å². The summed E-state index contributed by atoms with van der Waals surface area (Å²) >= 11 is 0. The van der Waals surface area contributed by atoms with Crippen LogP contribution in [0.15, 0.2) is 11.6 Å². The van der Waals surface area contributed by atoms with E-state index in [1.165, 1.54) is 0 Å². The van der Waals surface area contributed by atoms with E-state index in [4.69, 9.17) is 9.47 Å². The van der Waals surface area contributed by atoms with Gasteiger partial charge in [-0.2, -0.15) is 0 Å². The van der Waals surface area contributed by atoms with Gasteiger partial charge in [0.05, 0.1) is 5.41 Å². The van der Waals surface area contributed by atoms with E-state index < -0.39 is 22.4 Å². The number of carbonyl (C=O) groups excluding carboxylic acids is 2. The van der Waals surface area contributed by atoms with E-state index in [-0.39, 0.29) is 29.3 Å². The minimum Gasteiger partial charge on any atom is -0.457 e. The monoisotopic (exact) mass is 424 g/mol. The molecule has 2 atom stereocenters. The molecule has 0 heterocycles. The molecule has 4 nitrogen and oxygen atoms in total. The van der Waals surface area contributed by atoms with Crippen molar-refractivity contribution in [1.29, 1.82) is 0 Å². The highest BCUT2D eigenvalue weighted by Gasteiger charge is 2.59. The van der Waals surface area contributed by atoms with E-state index in [2.05, 4.69) is 48.5 Å².